The number of likely N-dealkylation sites (N-methyl/N-ethyl adjacent to an activating group) is 1. The van der Waals surface area contributed by atoms with Crippen LogP contribution in [0.2, 0.25) is 0 Å². The van der Waals surface area contributed by atoms with Crippen LogP contribution in [0.4, 0.5) is 0 Å². The van der Waals surface area contributed by atoms with E-state index in [4.69, 9.17) is 10.5 Å². The molecule has 0 rings (SSSR count). The normalized spacial score (nSPS) is 12.3. The lowest BCUT2D eigenvalue weighted by atomic mass is 10.2. The molecule has 0 aromatic carbocycles. The summed E-state index contributed by atoms with van der Waals surface area (Å²) in [6.45, 7) is 12.1. The molecule has 20 heavy (non-hydrogen) atoms. The molecule has 0 aromatic heterocycles. The Morgan fingerprint density at radius 1 is 1.05 bits per heavy atom. The first kappa shape index (κ1) is 18.9. The zero-order valence-corrected chi connectivity index (χ0v) is 13.2. The van der Waals surface area contributed by atoms with Crippen molar-refractivity contribution < 1.29 is 14.3 Å². The molecule has 0 aliphatic rings. The van der Waals surface area contributed by atoms with Gasteiger partial charge in [0.05, 0.1) is 6.61 Å². The third kappa shape index (κ3) is 6.34. The van der Waals surface area contributed by atoms with Crippen LogP contribution in [0.15, 0.2) is 0 Å². The topological polar surface area (TPSA) is 75.9 Å². The van der Waals surface area contributed by atoms with Gasteiger partial charge in [-0.05, 0) is 39.9 Å². The first-order chi connectivity index (χ1) is 9.51. The molecule has 0 saturated carbocycles. The average Bonchev–Trinajstić information content (AvgIpc) is 2.46. The lowest BCUT2D eigenvalue weighted by molar-refractivity contribution is -0.150. The van der Waals surface area contributed by atoms with Crippen molar-refractivity contribution >= 4 is 11.9 Å². The standard InChI is InChI=1S/C14H29N3O3/c1-5-16(6-2)10-9-11-17(7-3)13(18)12(15)14(19)20-8-4/h12H,5-11,15H2,1-4H3. The SMILES string of the molecule is CCOC(=O)C(N)C(=O)N(CC)CCCN(CC)CC. The highest BCUT2D eigenvalue weighted by Crippen LogP contribution is 2.00. The van der Waals surface area contributed by atoms with E-state index in [2.05, 4.69) is 18.7 Å². The highest BCUT2D eigenvalue weighted by molar-refractivity contribution is 6.01. The third-order valence-corrected chi connectivity index (χ3v) is 3.30. The molecular formula is C14H29N3O3. The molecule has 2 N–H and O–H groups in total. The van der Waals surface area contributed by atoms with Crippen LogP contribution >= 0.6 is 0 Å². The van der Waals surface area contributed by atoms with Gasteiger partial charge in [0.2, 0.25) is 0 Å². The predicted octanol–water partition coefficient (Wildman–Crippen LogP) is 0.457. The van der Waals surface area contributed by atoms with Gasteiger partial charge in [-0.2, -0.15) is 0 Å². The molecule has 0 bridgehead atoms. The van der Waals surface area contributed by atoms with Crippen LogP contribution in [0.25, 0.3) is 0 Å². The zero-order valence-electron chi connectivity index (χ0n) is 13.2. The number of nitrogens with two attached hydrogens (primary N) is 1. The molecular weight excluding hydrogens is 258 g/mol. The molecule has 1 unspecified atom stereocenters. The van der Waals surface area contributed by atoms with Crippen molar-refractivity contribution in [3.8, 4) is 0 Å². The molecule has 6 nitrogen and oxygen atoms in total. The number of esters is 1. The van der Waals surface area contributed by atoms with Gasteiger partial charge in [0.25, 0.3) is 5.91 Å². The number of hydrogen-bond acceptors (Lipinski definition) is 5. The van der Waals surface area contributed by atoms with Gasteiger partial charge in [0, 0.05) is 13.1 Å². The minimum atomic E-state index is -1.21. The van der Waals surface area contributed by atoms with Crippen LogP contribution in [-0.2, 0) is 14.3 Å². The molecule has 0 heterocycles. The Hall–Kier alpha value is -1.14. The maximum Gasteiger partial charge on any atom is 0.332 e. The smallest absolute Gasteiger partial charge is 0.332 e. The maximum atomic E-state index is 12.1. The summed E-state index contributed by atoms with van der Waals surface area (Å²) in [7, 11) is 0. The van der Waals surface area contributed by atoms with Crippen LogP contribution in [0, 0.1) is 0 Å². The molecule has 6 heteroatoms. The number of nitrogens with zero attached hydrogens (tertiary/aromatic N) is 2. The summed E-state index contributed by atoms with van der Waals surface area (Å²) in [5.41, 5.74) is 5.63. The molecule has 118 valence electrons. The maximum absolute atomic E-state index is 12.1. The van der Waals surface area contributed by atoms with Crippen molar-refractivity contribution in [1.29, 1.82) is 0 Å². The predicted molar refractivity (Wildman–Crippen MR) is 79.3 cm³/mol. The lowest BCUT2D eigenvalue weighted by Gasteiger charge is -2.25. The summed E-state index contributed by atoms with van der Waals surface area (Å²) in [6, 6.07) is -1.21. The molecule has 0 aromatic rings. The van der Waals surface area contributed by atoms with E-state index < -0.39 is 12.0 Å². The van der Waals surface area contributed by atoms with Crippen LogP contribution in [0.5, 0.6) is 0 Å². The minimum absolute atomic E-state index is 0.230. The summed E-state index contributed by atoms with van der Waals surface area (Å²) in [5, 5.41) is 0. The fourth-order valence-corrected chi connectivity index (χ4v) is 1.98. The van der Waals surface area contributed by atoms with E-state index >= 15 is 0 Å². The van der Waals surface area contributed by atoms with E-state index in [1.165, 1.54) is 0 Å². The van der Waals surface area contributed by atoms with E-state index in [0.717, 1.165) is 26.1 Å². The quantitative estimate of drug-likeness (QED) is 0.466. The number of hydrogen-bond donors (Lipinski definition) is 1. The van der Waals surface area contributed by atoms with E-state index in [-0.39, 0.29) is 12.5 Å². The highest BCUT2D eigenvalue weighted by Gasteiger charge is 2.27. The van der Waals surface area contributed by atoms with Crippen molar-refractivity contribution in [1.82, 2.24) is 9.80 Å². The number of ether oxygens (including phenoxy) is 1. The van der Waals surface area contributed by atoms with E-state index in [0.29, 0.717) is 13.1 Å². The summed E-state index contributed by atoms with van der Waals surface area (Å²) in [4.78, 5) is 27.5. The van der Waals surface area contributed by atoms with Gasteiger partial charge in [-0.3, -0.25) is 4.79 Å². The fourth-order valence-electron chi connectivity index (χ4n) is 1.98. The number of carbonyl (C=O) groups is 2. The van der Waals surface area contributed by atoms with Crippen LogP contribution in [0.1, 0.15) is 34.1 Å². The lowest BCUT2D eigenvalue weighted by Crippen LogP contribution is -2.49. The number of rotatable bonds is 10. The monoisotopic (exact) mass is 287 g/mol. The Morgan fingerprint density at radius 3 is 2.10 bits per heavy atom. The Labute approximate surface area is 122 Å². The van der Waals surface area contributed by atoms with Gasteiger partial charge >= 0.3 is 5.97 Å². The molecule has 0 radical (unpaired) electrons. The van der Waals surface area contributed by atoms with Gasteiger partial charge in [-0.15, -0.1) is 0 Å². The van der Waals surface area contributed by atoms with Gasteiger partial charge in [-0.1, -0.05) is 13.8 Å². The Balaban J connectivity index is 4.30. The van der Waals surface area contributed by atoms with Crippen LogP contribution < -0.4 is 5.73 Å². The van der Waals surface area contributed by atoms with Crippen LogP contribution in [0.3, 0.4) is 0 Å². The summed E-state index contributed by atoms with van der Waals surface area (Å²) in [6.07, 6.45) is 0.872. The summed E-state index contributed by atoms with van der Waals surface area (Å²) in [5.74, 6) is -1.01. The number of carbonyl (C=O) groups excluding carboxylic acids is 2. The molecule has 0 saturated heterocycles. The van der Waals surface area contributed by atoms with E-state index in [1.54, 1.807) is 11.8 Å². The van der Waals surface area contributed by atoms with E-state index in [9.17, 15) is 9.59 Å². The Morgan fingerprint density at radius 2 is 1.65 bits per heavy atom. The van der Waals surface area contributed by atoms with Crippen molar-refractivity contribution in [2.24, 2.45) is 5.73 Å². The van der Waals surface area contributed by atoms with Gasteiger partial charge in [0.1, 0.15) is 0 Å². The number of amides is 1. The largest absolute Gasteiger partial charge is 0.464 e. The second kappa shape index (κ2) is 10.6. The van der Waals surface area contributed by atoms with Crippen molar-refractivity contribution in [2.45, 2.75) is 40.2 Å². The molecule has 0 aliphatic heterocycles. The van der Waals surface area contributed by atoms with Crippen molar-refractivity contribution in [3.63, 3.8) is 0 Å². The van der Waals surface area contributed by atoms with Gasteiger partial charge < -0.3 is 20.3 Å². The molecule has 1 amide bonds. The second-order valence-corrected chi connectivity index (χ2v) is 4.53. The van der Waals surface area contributed by atoms with Crippen molar-refractivity contribution in [3.05, 3.63) is 0 Å². The second-order valence-electron chi connectivity index (χ2n) is 4.53. The van der Waals surface area contributed by atoms with E-state index in [1.807, 2.05) is 6.92 Å². The Bertz CT molecular complexity index is 293. The fraction of sp³-hybridized carbons (Fsp3) is 0.857. The van der Waals surface area contributed by atoms with Crippen LogP contribution in [-0.4, -0.2) is 67.0 Å². The zero-order chi connectivity index (χ0) is 15.5. The molecule has 0 fully saturated rings. The third-order valence-electron chi connectivity index (χ3n) is 3.30. The molecule has 0 spiro atoms. The van der Waals surface area contributed by atoms with Gasteiger partial charge in [0.15, 0.2) is 6.04 Å². The summed E-state index contributed by atoms with van der Waals surface area (Å²) >= 11 is 0. The Kier molecular flexibility index (Phi) is 10.0. The van der Waals surface area contributed by atoms with Gasteiger partial charge in [-0.25, -0.2) is 4.79 Å². The minimum Gasteiger partial charge on any atom is -0.464 e. The highest BCUT2D eigenvalue weighted by atomic mass is 16.5. The molecule has 0 aliphatic carbocycles. The molecule has 1 atom stereocenters. The van der Waals surface area contributed by atoms with Crippen molar-refractivity contribution in [2.75, 3.05) is 39.3 Å². The summed E-state index contributed by atoms with van der Waals surface area (Å²) < 4.78 is 4.78. The average molecular weight is 287 g/mol. The first-order valence-corrected chi connectivity index (χ1v) is 7.44. The first-order valence-electron chi connectivity index (χ1n) is 7.44.